The predicted octanol–water partition coefficient (Wildman–Crippen LogP) is 13.3. The van der Waals surface area contributed by atoms with Gasteiger partial charge in [0, 0.05) is 104 Å². The molecule has 23 heteroatoms. The number of nitrogens with two attached hydrogens (primary N) is 1. The van der Waals surface area contributed by atoms with Crippen LogP contribution in [0.2, 0.25) is 0 Å². The monoisotopic (exact) mass is 1430 g/mol. The molecule has 4 aromatic carbocycles. The number of pyridine rings is 2. The molecule has 0 radical (unpaired) electrons. The fourth-order valence-electron chi connectivity index (χ4n) is 7.06. The molecule has 0 saturated heterocycles. The van der Waals surface area contributed by atoms with Gasteiger partial charge in [-0.3, -0.25) is 33.1 Å². The van der Waals surface area contributed by atoms with Crippen LogP contribution in [-0.2, 0) is 42.6 Å². The van der Waals surface area contributed by atoms with Gasteiger partial charge in [0.2, 0.25) is 0 Å². The Morgan fingerprint density at radius 1 is 0.618 bits per heavy atom. The number of aromatic nitrogens is 6. The molecular formula is C66H78Br3ClN8O11. The fourth-order valence-corrected chi connectivity index (χ4v) is 8.15. The summed E-state index contributed by atoms with van der Waals surface area (Å²) in [5.41, 5.74) is 11.1. The second kappa shape index (κ2) is 41.4. The second-order valence-electron chi connectivity index (χ2n) is 18.2. The van der Waals surface area contributed by atoms with Crippen molar-refractivity contribution in [2.75, 3.05) is 39.5 Å². The van der Waals surface area contributed by atoms with Crippen LogP contribution in [0.15, 0.2) is 145 Å². The van der Waals surface area contributed by atoms with Crippen molar-refractivity contribution in [3.63, 3.8) is 0 Å². The number of carboxylic acids is 1. The number of nitrogens with one attached hydrogen (secondary N) is 1. The lowest BCUT2D eigenvalue weighted by atomic mass is 10.1. The first-order chi connectivity index (χ1) is 40.9. The number of Topliss-reactive ketones (excluding diaryl/α,β-unsaturated/α-hetero) is 2. The number of carboxylic acid groups (broad SMARTS) is 1. The predicted molar refractivity (Wildman–Crippen MR) is 367 cm³/mol. The number of nitrogens with zero attached hydrogens (tertiary/aromatic N) is 6. The standard InChI is InChI=1S/C19H17N3O2.C13H16BrNO3.C12H13BrN2O2.C9H10BrNO.C7H5N.C4H8O3.2CH4.ClH/c1-13(24-3)18-21-17-12-14(7-9-15-6-4-5-11-20-15)8-10-16(17)19(23)22(18)2;1-4-12(16)10-6-5-9(14)7-11(10)15-13(17)8(2)18-3;1-7(17-3)11-14-10-6-8(13)4-5-9(10)12(16)15(11)2;1-2-9(12)7-4-3-6(10)5-8(7)11;1-2-7-5-3-4-6-8-7;1-3(7-2)4(5)6;;;/h4-6,8,10-13H,1-3H3;5-8H,4H2,1-3H3,(H,15,17);4-7H,1-3H3;3-5H,2,11H2,1H3;1,3-6H;3H,1-2H3,(H,5,6);2*1H4;1H. The minimum atomic E-state index is -0.928. The van der Waals surface area contributed by atoms with Crippen molar-refractivity contribution in [2.24, 2.45) is 14.1 Å². The number of fused-ring (bicyclic) bond motifs is 2. The zero-order chi connectivity index (χ0) is 64.2. The summed E-state index contributed by atoms with van der Waals surface area (Å²) in [7, 11) is 9.43. The minimum absolute atomic E-state index is 0. The van der Waals surface area contributed by atoms with E-state index in [-0.39, 0.29) is 68.1 Å². The van der Waals surface area contributed by atoms with Gasteiger partial charge in [-0.15, -0.1) is 18.8 Å². The first-order valence-electron chi connectivity index (χ1n) is 26.4. The van der Waals surface area contributed by atoms with Gasteiger partial charge in [-0.1, -0.05) is 100 Å². The molecule has 0 saturated carbocycles. The molecule has 4 unspecified atom stereocenters. The van der Waals surface area contributed by atoms with Crippen LogP contribution in [0.1, 0.15) is 131 Å². The summed E-state index contributed by atoms with van der Waals surface area (Å²) in [6.45, 7) is 10.5. The zero-order valence-electron chi connectivity index (χ0n) is 50.2. The molecule has 19 nitrogen and oxygen atoms in total. The smallest absolute Gasteiger partial charge is 0.332 e. The normalized spacial score (nSPS) is 11.2. The Hall–Kier alpha value is -7.77. The molecular weight excluding hydrogens is 1360 g/mol. The third-order valence-corrected chi connectivity index (χ3v) is 13.8. The number of benzene rings is 4. The lowest BCUT2D eigenvalue weighted by Crippen LogP contribution is -2.27. The van der Waals surface area contributed by atoms with Gasteiger partial charge in [0.25, 0.3) is 17.0 Å². The third kappa shape index (κ3) is 25.3. The number of halogens is 4. The SMILES string of the molecule is C.C.C#Cc1ccccn1.CCC(=O)c1ccc(Br)cc1N.CCC(=O)c1ccc(Br)cc1NC(=O)C(C)OC.COC(C)C(=O)O.COC(C)c1nc2cc(Br)ccc2c(=O)n1C.COC(C)c1nc2cc(C#Cc3ccccn3)ccc2c(=O)n1C.Cl. The number of amides is 1. The molecule has 0 aliphatic heterocycles. The first-order valence-corrected chi connectivity index (χ1v) is 28.8. The number of ketones is 2. The van der Waals surface area contributed by atoms with E-state index in [1.807, 2.05) is 81.4 Å². The van der Waals surface area contributed by atoms with Crippen LogP contribution in [-0.4, -0.2) is 98.3 Å². The van der Waals surface area contributed by atoms with E-state index in [1.165, 1.54) is 30.3 Å². The number of methoxy groups -OCH3 is 4. The molecule has 0 spiro atoms. The Morgan fingerprint density at radius 3 is 1.49 bits per heavy atom. The Bertz CT molecular complexity index is 3840. The highest BCUT2D eigenvalue weighted by Gasteiger charge is 2.18. The van der Waals surface area contributed by atoms with Gasteiger partial charge in [-0.05, 0) is 131 Å². The Morgan fingerprint density at radius 2 is 1.07 bits per heavy atom. The number of terminal acetylenes is 1. The lowest BCUT2D eigenvalue weighted by molar-refractivity contribution is -0.147. The van der Waals surface area contributed by atoms with Gasteiger partial charge >= 0.3 is 5.97 Å². The topological polar surface area (TPSA) is 259 Å². The third-order valence-electron chi connectivity index (χ3n) is 12.4. The maximum Gasteiger partial charge on any atom is 0.332 e. The average Bonchev–Trinajstić information content (AvgIpc) is 2.99. The Kier molecular flexibility index (Phi) is 37.8. The summed E-state index contributed by atoms with van der Waals surface area (Å²) in [5.74, 6) is 8.56. The van der Waals surface area contributed by atoms with Crippen molar-refractivity contribution in [1.29, 1.82) is 0 Å². The van der Waals surface area contributed by atoms with Crippen LogP contribution in [0.3, 0.4) is 0 Å². The zero-order valence-corrected chi connectivity index (χ0v) is 55.8. The molecule has 8 rings (SSSR count). The van der Waals surface area contributed by atoms with Gasteiger partial charge in [-0.25, -0.2) is 24.7 Å². The summed E-state index contributed by atoms with van der Waals surface area (Å²) in [6.07, 6.45) is 7.58. The van der Waals surface area contributed by atoms with Crippen molar-refractivity contribution >= 4 is 117 Å². The fraction of sp³-hybridized carbons (Fsp3) is 0.303. The largest absolute Gasteiger partial charge is 0.479 e. The highest BCUT2D eigenvalue weighted by molar-refractivity contribution is 9.11. The summed E-state index contributed by atoms with van der Waals surface area (Å²) < 4.78 is 25.5. The molecule has 0 bridgehead atoms. The van der Waals surface area contributed by atoms with Gasteiger partial charge in [0.05, 0.1) is 27.5 Å². The molecule has 4 heterocycles. The van der Waals surface area contributed by atoms with Crippen LogP contribution in [0.4, 0.5) is 11.4 Å². The van der Waals surface area contributed by atoms with E-state index in [0.717, 1.165) is 19.0 Å². The summed E-state index contributed by atoms with van der Waals surface area (Å²) >= 11 is 9.97. The highest BCUT2D eigenvalue weighted by atomic mass is 79.9. The van der Waals surface area contributed by atoms with Crippen molar-refractivity contribution in [3.05, 3.63) is 195 Å². The number of rotatable bonds is 13. The van der Waals surface area contributed by atoms with Gasteiger partial charge in [0.15, 0.2) is 17.7 Å². The van der Waals surface area contributed by atoms with Crippen molar-refractivity contribution in [1.82, 2.24) is 29.1 Å². The minimum Gasteiger partial charge on any atom is -0.479 e. The molecule has 1 amide bonds. The van der Waals surface area contributed by atoms with Crippen molar-refractivity contribution in [3.8, 4) is 24.2 Å². The van der Waals surface area contributed by atoms with E-state index in [2.05, 4.69) is 95.5 Å². The van der Waals surface area contributed by atoms with Gasteiger partial charge in [-0.2, -0.15) is 0 Å². The molecule has 0 aliphatic rings. The van der Waals surface area contributed by atoms with Crippen molar-refractivity contribution in [2.45, 2.75) is 93.7 Å². The van der Waals surface area contributed by atoms with Crippen LogP contribution < -0.4 is 22.2 Å². The van der Waals surface area contributed by atoms with Crippen LogP contribution in [0, 0.1) is 24.2 Å². The maximum absolute atomic E-state index is 12.5. The number of ether oxygens (including phenoxy) is 4. The molecule has 0 aliphatic carbocycles. The molecule has 4 aromatic heterocycles. The van der Waals surface area contributed by atoms with Crippen LogP contribution in [0.25, 0.3) is 21.8 Å². The number of aliphatic carboxylic acids is 1. The number of anilines is 2. The molecule has 0 fully saturated rings. The summed E-state index contributed by atoms with van der Waals surface area (Å²) in [6, 6.07) is 32.4. The van der Waals surface area contributed by atoms with Crippen LogP contribution in [0.5, 0.6) is 0 Å². The Labute approximate surface area is 552 Å². The van der Waals surface area contributed by atoms with Crippen LogP contribution >= 0.6 is 60.2 Å². The molecule has 476 valence electrons. The number of carbonyl (C=O) groups is 4. The van der Waals surface area contributed by atoms with E-state index in [9.17, 15) is 28.8 Å². The summed E-state index contributed by atoms with van der Waals surface area (Å²) in [4.78, 5) is 86.3. The number of hydrogen-bond donors (Lipinski definition) is 3. The van der Waals surface area contributed by atoms with E-state index < -0.39 is 18.2 Å². The van der Waals surface area contributed by atoms with Gasteiger partial charge in [0.1, 0.15) is 41.3 Å². The number of nitrogen functional groups attached to an aromatic ring is 1. The molecule has 89 heavy (non-hydrogen) atoms. The molecule has 4 atom stereocenters. The van der Waals surface area contributed by atoms with Crippen molar-refractivity contribution < 1.29 is 43.2 Å². The number of hydrogen-bond acceptors (Lipinski definition) is 15. The second-order valence-corrected chi connectivity index (χ2v) is 20.9. The first kappa shape index (κ1) is 81.2. The quantitative estimate of drug-likeness (QED) is 0.0551. The van der Waals surface area contributed by atoms with E-state index >= 15 is 0 Å². The summed E-state index contributed by atoms with van der Waals surface area (Å²) in [5, 5.41) is 11.9. The number of carbonyl (C=O) groups excluding carboxylic acids is 3. The average molecular weight is 1430 g/mol. The Balaban J connectivity index is 0.00000108. The lowest BCUT2D eigenvalue weighted by Gasteiger charge is -2.14. The molecule has 4 N–H and O–H groups in total. The maximum atomic E-state index is 12.5. The van der Waals surface area contributed by atoms with Gasteiger partial charge < -0.3 is 35.1 Å². The molecule has 8 aromatic rings. The van der Waals surface area contributed by atoms with E-state index in [1.54, 1.807) is 103 Å². The van der Waals surface area contributed by atoms with E-state index in [0.29, 0.717) is 80.2 Å². The highest BCUT2D eigenvalue weighted by Crippen LogP contribution is 2.24. The van der Waals surface area contributed by atoms with E-state index in [4.69, 9.17) is 31.5 Å².